The number of benzene rings is 1. The second kappa shape index (κ2) is 6.89. The highest BCUT2D eigenvalue weighted by molar-refractivity contribution is 5.86. The van der Waals surface area contributed by atoms with Crippen molar-refractivity contribution in [1.82, 2.24) is 4.90 Å². The highest BCUT2D eigenvalue weighted by Gasteiger charge is 2.36. The lowest BCUT2D eigenvalue weighted by Gasteiger charge is -2.27. The van der Waals surface area contributed by atoms with Crippen LogP contribution < -0.4 is 4.74 Å². The molecule has 0 spiro atoms. The van der Waals surface area contributed by atoms with Gasteiger partial charge in [-0.3, -0.25) is 4.79 Å². The minimum absolute atomic E-state index is 0.0720. The number of nitrogens with zero attached hydrogens (tertiary/aromatic N) is 1. The first-order valence-corrected chi connectivity index (χ1v) is 7.70. The summed E-state index contributed by atoms with van der Waals surface area (Å²) >= 11 is 0. The van der Waals surface area contributed by atoms with E-state index >= 15 is 0 Å². The molecule has 1 aromatic carbocycles. The molecular formula is C17H23NO5. The van der Waals surface area contributed by atoms with Crippen LogP contribution in [-0.4, -0.2) is 46.7 Å². The molecule has 0 unspecified atom stereocenters. The van der Waals surface area contributed by atoms with E-state index in [1.165, 1.54) is 17.0 Å². The maximum Gasteiger partial charge on any atom is 0.329 e. The summed E-state index contributed by atoms with van der Waals surface area (Å²) in [6, 6.07) is 5.70. The summed E-state index contributed by atoms with van der Waals surface area (Å²) in [5, 5.41) is 9.38. The van der Waals surface area contributed by atoms with Gasteiger partial charge in [-0.05, 0) is 45.7 Å². The van der Waals surface area contributed by atoms with E-state index in [2.05, 4.69) is 0 Å². The minimum Gasteiger partial charge on any atom is -0.508 e. The molecule has 6 nitrogen and oxygen atoms in total. The molecule has 1 N–H and O–H groups in total. The van der Waals surface area contributed by atoms with Gasteiger partial charge in [0.2, 0.25) is 0 Å². The van der Waals surface area contributed by atoms with Crippen molar-refractivity contribution in [1.29, 1.82) is 0 Å². The number of phenols is 1. The largest absolute Gasteiger partial charge is 0.508 e. The van der Waals surface area contributed by atoms with Crippen molar-refractivity contribution in [2.45, 2.75) is 45.3 Å². The number of esters is 1. The van der Waals surface area contributed by atoms with Crippen LogP contribution in [0.5, 0.6) is 11.5 Å². The Morgan fingerprint density at radius 3 is 2.74 bits per heavy atom. The van der Waals surface area contributed by atoms with E-state index in [1.807, 2.05) is 0 Å². The number of aromatic hydroxyl groups is 1. The third kappa shape index (κ3) is 4.87. The topological polar surface area (TPSA) is 76.1 Å². The lowest BCUT2D eigenvalue weighted by atomic mass is 10.1. The number of carbonyl (C=O) groups excluding carboxylic acids is 2. The Morgan fingerprint density at radius 1 is 1.35 bits per heavy atom. The molecule has 0 bridgehead atoms. The van der Waals surface area contributed by atoms with Crippen LogP contribution in [0.25, 0.3) is 0 Å². The predicted molar refractivity (Wildman–Crippen MR) is 84.2 cm³/mol. The highest BCUT2D eigenvalue weighted by atomic mass is 16.6. The van der Waals surface area contributed by atoms with E-state index in [1.54, 1.807) is 32.9 Å². The average Bonchev–Trinajstić information content (AvgIpc) is 2.92. The van der Waals surface area contributed by atoms with Gasteiger partial charge < -0.3 is 19.5 Å². The molecule has 2 rings (SSSR count). The fourth-order valence-electron chi connectivity index (χ4n) is 2.48. The molecule has 0 radical (unpaired) electrons. The number of ether oxygens (including phenoxy) is 2. The maximum absolute atomic E-state index is 12.3. The first-order valence-electron chi connectivity index (χ1n) is 7.70. The number of likely N-dealkylation sites (tertiary alicyclic amines) is 1. The number of rotatable bonds is 4. The van der Waals surface area contributed by atoms with Gasteiger partial charge in [-0.1, -0.05) is 6.07 Å². The fraction of sp³-hybridized carbons (Fsp3) is 0.529. The molecular weight excluding hydrogens is 298 g/mol. The molecule has 1 fully saturated rings. The Bertz CT molecular complexity index is 579. The normalized spacial score (nSPS) is 17.9. The zero-order valence-electron chi connectivity index (χ0n) is 13.7. The molecule has 1 heterocycles. The minimum atomic E-state index is -0.577. The molecule has 1 aliphatic rings. The third-order valence-corrected chi connectivity index (χ3v) is 3.43. The molecule has 1 aromatic rings. The molecule has 6 heteroatoms. The van der Waals surface area contributed by atoms with E-state index in [4.69, 9.17) is 9.47 Å². The summed E-state index contributed by atoms with van der Waals surface area (Å²) in [6.45, 7) is 5.75. The maximum atomic E-state index is 12.3. The van der Waals surface area contributed by atoms with Gasteiger partial charge in [-0.2, -0.15) is 0 Å². The molecule has 1 amide bonds. The van der Waals surface area contributed by atoms with Crippen molar-refractivity contribution in [3.63, 3.8) is 0 Å². The van der Waals surface area contributed by atoms with Crippen LogP contribution in [0.15, 0.2) is 24.3 Å². The van der Waals surface area contributed by atoms with Crippen LogP contribution in [0.4, 0.5) is 0 Å². The van der Waals surface area contributed by atoms with Gasteiger partial charge in [0.15, 0.2) is 6.61 Å². The number of carbonyl (C=O) groups is 2. The van der Waals surface area contributed by atoms with Crippen LogP contribution in [-0.2, 0) is 14.3 Å². The lowest BCUT2D eigenvalue weighted by Crippen LogP contribution is -2.45. The third-order valence-electron chi connectivity index (χ3n) is 3.43. The van der Waals surface area contributed by atoms with Crippen molar-refractivity contribution in [3.05, 3.63) is 24.3 Å². The van der Waals surface area contributed by atoms with Crippen molar-refractivity contribution >= 4 is 11.9 Å². The number of phenolic OH excluding ortho intramolecular Hbond substituents is 1. The monoisotopic (exact) mass is 321 g/mol. The van der Waals surface area contributed by atoms with E-state index < -0.39 is 11.6 Å². The zero-order chi connectivity index (χ0) is 17.0. The first-order chi connectivity index (χ1) is 10.8. The van der Waals surface area contributed by atoms with Crippen molar-refractivity contribution < 1.29 is 24.2 Å². The summed E-state index contributed by atoms with van der Waals surface area (Å²) in [7, 11) is 0. The van der Waals surface area contributed by atoms with Crippen LogP contribution in [0.3, 0.4) is 0 Å². The van der Waals surface area contributed by atoms with Crippen LogP contribution in [0, 0.1) is 0 Å². The summed E-state index contributed by atoms with van der Waals surface area (Å²) < 4.78 is 10.8. The Hall–Kier alpha value is -2.24. The van der Waals surface area contributed by atoms with Gasteiger partial charge in [-0.25, -0.2) is 4.79 Å². The SMILES string of the molecule is CC(C)(C)OC(=O)[C@H]1CCCN1C(=O)COc1cccc(O)c1. The highest BCUT2D eigenvalue weighted by Crippen LogP contribution is 2.22. The summed E-state index contributed by atoms with van der Waals surface area (Å²) in [5.74, 6) is -0.156. The van der Waals surface area contributed by atoms with Crippen LogP contribution in [0.2, 0.25) is 0 Å². The molecule has 0 aliphatic carbocycles. The van der Waals surface area contributed by atoms with Gasteiger partial charge in [0.05, 0.1) is 0 Å². The molecule has 0 saturated carbocycles. The van der Waals surface area contributed by atoms with E-state index in [0.29, 0.717) is 18.7 Å². The average molecular weight is 321 g/mol. The molecule has 0 aromatic heterocycles. The summed E-state index contributed by atoms with van der Waals surface area (Å²) in [6.07, 6.45) is 1.37. The number of amides is 1. The first kappa shape index (κ1) is 17.1. The second-order valence-corrected chi connectivity index (χ2v) is 6.56. The molecule has 126 valence electrons. The van der Waals surface area contributed by atoms with Crippen molar-refractivity contribution in [2.24, 2.45) is 0 Å². The Kier molecular flexibility index (Phi) is 5.13. The van der Waals surface area contributed by atoms with Gasteiger partial charge >= 0.3 is 5.97 Å². The quantitative estimate of drug-likeness (QED) is 0.860. The smallest absolute Gasteiger partial charge is 0.329 e. The Morgan fingerprint density at radius 2 is 2.09 bits per heavy atom. The number of hydrogen-bond donors (Lipinski definition) is 1. The van der Waals surface area contributed by atoms with Crippen molar-refractivity contribution in [2.75, 3.05) is 13.2 Å². The van der Waals surface area contributed by atoms with E-state index in [-0.39, 0.29) is 24.2 Å². The van der Waals surface area contributed by atoms with Gasteiger partial charge in [0.25, 0.3) is 5.91 Å². The number of hydrogen-bond acceptors (Lipinski definition) is 5. The Labute approximate surface area is 136 Å². The molecule has 1 saturated heterocycles. The Balaban J connectivity index is 1.94. The molecule has 1 aliphatic heterocycles. The van der Waals surface area contributed by atoms with Crippen molar-refractivity contribution in [3.8, 4) is 11.5 Å². The second-order valence-electron chi connectivity index (χ2n) is 6.56. The zero-order valence-corrected chi connectivity index (χ0v) is 13.7. The predicted octanol–water partition coefficient (Wildman–Crippen LogP) is 2.10. The molecule has 1 atom stereocenters. The summed E-state index contributed by atoms with van der Waals surface area (Å²) in [4.78, 5) is 26.0. The summed E-state index contributed by atoms with van der Waals surface area (Å²) in [5.41, 5.74) is -0.577. The van der Waals surface area contributed by atoms with Crippen LogP contribution >= 0.6 is 0 Å². The lowest BCUT2D eigenvalue weighted by molar-refractivity contribution is -0.163. The van der Waals surface area contributed by atoms with Gasteiger partial charge in [0.1, 0.15) is 23.1 Å². The fourth-order valence-corrected chi connectivity index (χ4v) is 2.48. The van der Waals surface area contributed by atoms with Crippen LogP contribution in [0.1, 0.15) is 33.6 Å². The van der Waals surface area contributed by atoms with E-state index in [0.717, 1.165) is 6.42 Å². The standard InChI is InChI=1S/C17H23NO5/c1-17(2,3)23-16(21)14-8-5-9-18(14)15(20)11-22-13-7-4-6-12(19)10-13/h4,6-7,10,14,19H,5,8-9,11H2,1-3H3/t14-/m1/s1. The van der Waals surface area contributed by atoms with Gasteiger partial charge in [-0.15, -0.1) is 0 Å². The molecule has 23 heavy (non-hydrogen) atoms. The van der Waals surface area contributed by atoms with Gasteiger partial charge in [0, 0.05) is 12.6 Å². The van der Waals surface area contributed by atoms with E-state index in [9.17, 15) is 14.7 Å².